The van der Waals surface area contributed by atoms with Gasteiger partial charge in [-0.05, 0) is 37.6 Å². The lowest BCUT2D eigenvalue weighted by Gasteiger charge is -2.05. The largest absolute Gasteiger partial charge is 0.466 e. The normalized spacial score (nSPS) is 9.89. The summed E-state index contributed by atoms with van der Waals surface area (Å²) in [7, 11) is 0. The number of carbonyl (C=O) groups is 2. The van der Waals surface area contributed by atoms with Crippen molar-refractivity contribution in [3.05, 3.63) is 35.6 Å². The molecule has 1 amide bonds. The first kappa shape index (κ1) is 14.2. The number of hydrogen-bond acceptors (Lipinski definition) is 3. The molecule has 0 aliphatic heterocycles. The highest BCUT2D eigenvalue weighted by molar-refractivity contribution is 5.94. The first-order valence-electron chi connectivity index (χ1n) is 5.83. The van der Waals surface area contributed by atoms with Gasteiger partial charge >= 0.3 is 5.97 Å². The van der Waals surface area contributed by atoms with E-state index in [9.17, 15) is 14.0 Å². The van der Waals surface area contributed by atoms with Crippen LogP contribution in [0.4, 0.5) is 4.39 Å². The molecule has 0 atom stereocenters. The van der Waals surface area contributed by atoms with Gasteiger partial charge in [-0.2, -0.15) is 0 Å². The van der Waals surface area contributed by atoms with Crippen LogP contribution in [0.5, 0.6) is 0 Å². The van der Waals surface area contributed by atoms with Gasteiger partial charge in [0.2, 0.25) is 0 Å². The van der Waals surface area contributed by atoms with E-state index in [4.69, 9.17) is 4.74 Å². The maximum atomic E-state index is 12.6. The summed E-state index contributed by atoms with van der Waals surface area (Å²) in [4.78, 5) is 22.6. The van der Waals surface area contributed by atoms with E-state index in [0.717, 1.165) is 0 Å². The number of halogens is 1. The van der Waals surface area contributed by atoms with Gasteiger partial charge in [-0.25, -0.2) is 4.39 Å². The van der Waals surface area contributed by atoms with Crippen molar-refractivity contribution in [3.63, 3.8) is 0 Å². The number of rotatable bonds is 6. The zero-order chi connectivity index (χ0) is 13.4. The SMILES string of the molecule is CCOC(=O)CCCNC(=O)c1ccc(F)cc1. The first-order chi connectivity index (χ1) is 8.63. The molecule has 1 N–H and O–H groups in total. The van der Waals surface area contributed by atoms with Crippen molar-refractivity contribution < 1.29 is 18.7 Å². The van der Waals surface area contributed by atoms with Gasteiger partial charge in [0.05, 0.1) is 6.61 Å². The number of esters is 1. The van der Waals surface area contributed by atoms with E-state index in [1.54, 1.807) is 6.92 Å². The molecular weight excluding hydrogens is 237 g/mol. The zero-order valence-corrected chi connectivity index (χ0v) is 10.2. The molecular formula is C13H16FNO3. The average Bonchev–Trinajstić information content (AvgIpc) is 2.35. The molecule has 98 valence electrons. The highest BCUT2D eigenvalue weighted by Crippen LogP contribution is 2.02. The molecule has 0 unspecified atom stereocenters. The van der Waals surface area contributed by atoms with E-state index in [0.29, 0.717) is 25.1 Å². The van der Waals surface area contributed by atoms with Crippen LogP contribution in [0.1, 0.15) is 30.1 Å². The number of nitrogens with one attached hydrogen (secondary N) is 1. The van der Waals surface area contributed by atoms with Crippen LogP contribution in [0.3, 0.4) is 0 Å². The van der Waals surface area contributed by atoms with E-state index in [-0.39, 0.29) is 24.1 Å². The molecule has 1 rings (SSSR count). The quantitative estimate of drug-likeness (QED) is 0.622. The molecule has 0 fully saturated rings. The summed E-state index contributed by atoms with van der Waals surface area (Å²) in [5.41, 5.74) is 0.396. The Kier molecular flexibility index (Phi) is 5.84. The van der Waals surface area contributed by atoms with Gasteiger partial charge in [-0.1, -0.05) is 0 Å². The van der Waals surface area contributed by atoms with E-state index in [1.807, 2.05) is 0 Å². The minimum Gasteiger partial charge on any atom is -0.466 e. The number of amides is 1. The van der Waals surface area contributed by atoms with Crippen molar-refractivity contribution in [1.82, 2.24) is 5.32 Å². The second kappa shape index (κ2) is 7.42. The third-order valence-corrected chi connectivity index (χ3v) is 2.25. The molecule has 4 nitrogen and oxygen atoms in total. The molecule has 5 heteroatoms. The second-order valence-corrected chi connectivity index (χ2v) is 3.67. The molecule has 0 saturated carbocycles. The number of benzene rings is 1. The molecule has 0 aromatic heterocycles. The molecule has 0 radical (unpaired) electrons. The maximum absolute atomic E-state index is 12.6. The third kappa shape index (κ3) is 4.95. The minimum absolute atomic E-state index is 0.270. The molecule has 0 saturated heterocycles. The summed E-state index contributed by atoms with van der Waals surface area (Å²) in [5, 5.41) is 2.65. The molecule has 0 aliphatic carbocycles. The summed E-state index contributed by atoms with van der Waals surface area (Å²) < 4.78 is 17.4. The van der Waals surface area contributed by atoms with Crippen molar-refractivity contribution in [2.75, 3.05) is 13.2 Å². The Morgan fingerprint density at radius 2 is 1.94 bits per heavy atom. The van der Waals surface area contributed by atoms with Crippen LogP contribution in [0.25, 0.3) is 0 Å². The lowest BCUT2D eigenvalue weighted by atomic mass is 10.2. The molecule has 0 bridgehead atoms. The Labute approximate surface area is 105 Å². The predicted octanol–water partition coefficient (Wildman–Crippen LogP) is 1.90. The Morgan fingerprint density at radius 3 is 2.56 bits per heavy atom. The van der Waals surface area contributed by atoms with Gasteiger partial charge in [0.25, 0.3) is 5.91 Å². The topological polar surface area (TPSA) is 55.4 Å². The van der Waals surface area contributed by atoms with E-state index in [2.05, 4.69) is 5.32 Å². The molecule has 0 heterocycles. The average molecular weight is 253 g/mol. The van der Waals surface area contributed by atoms with Gasteiger partial charge in [-0.15, -0.1) is 0 Å². The fraction of sp³-hybridized carbons (Fsp3) is 0.385. The Morgan fingerprint density at radius 1 is 1.28 bits per heavy atom. The van der Waals surface area contributed by atoms with E-state index >= 15 is 0 Å². The van der Waals surface area contributed by atoms with Crippen LogP contribution in [0, 0.1) is 5.82 Å². The van der Waals surface area contributed by atoms with Gasteiger partial charge in [0.15, 0.2) is 0 Å². The van der Waals surface area contributed by atoms with Crippen molar-refractivity contribution in [2.45, 2.75) is 19.8 Å². The summed E-state index contributed by atoms with van der Waals surface area (Å²) >= 11 is 0. The monoisotopic (exact) mass is 253 g/mol. The fourth-order valence-corrected chi connectivity index (χ4v) is 1.37. The predicted molar refractivity (Wildman–Crippen MR) is 64.6 cm³/mol. The van der Waals surface area contributed by atoms with Crippen LogP contribution in [0.15, 0.2) is 24.3 Å². The summed E-state index contributed by atoms with van der Waals surface area (Å²) in [6.07, 6.45) is 0.795. The zero-order valence-electron chi connectivity index (χ0n) is 10.2. The third-order valence-electron chi connectivity index (χ3n) is 2.25. The van der Waals surface area contributed by atoms with Crippen LogP contribution in [0.2, 0.25) is 0 Å². The molecule has 1 aromatic carbocycles. The van der Waals surface area contributed by atoms with Crippen molar-refractivity contribution in [2.24, 2.45) is 0 Å². The fourth-order valence-electron chi connectivity index (χ4n) is 1.37. The Hall–Kier alpha value is -1.91. The highest BCUT2D eigenvalue weighted by Gasteiger charge is 2.05. The van der Waals surface area contributed by atoms with Crippen LogP contribution in [-0.2, 0) is 9.53 Å². The van der Waals surface area contributed by atoms with E-state index < -0.39 is 0 Å². The van der Waals surface area contributed by atoms with Gasteiger partial charge in [-0.3, -0.25) is 9.59 Å². The minimum atomic E-state index is -0.381. The molecule has 0 spiro atoms. The smallest absolute Gasteiger partial charge is 0.305 e. The van der Waals surface area contributed by atoms with Gasteiger partial charge in [0, 0.05) is 18.5 Å². The Bertz CT molecular complexity index is 403. The van der Waals surface area contributed by atoms with Crippen LogP contribution < -0.4 is 5.32 Å². The van der Waals surface area contributed by atoms with Gasteiger partial charge in [0.1, 0.15) is 5.82 Å². The summed E-state index contributed by atoms with van der Waals surface area (Å²) in [6, 6.07) is 5.28. The van der Waals surface area contributed by atoms with E-state index in [1.165, 1.54) is 24.3 Å². The van der Waals surface area contributed by atoms with Crippen molar-refractivity contribution >= 4 is 11.9 Å². The van der Waals surface area contributed by atoms with Crippen LogP contribution in [-0.4, -0.2) is 25.0 Å². The Balaban J connectivity index is 2.25. The van der Waals surface area contributed by atoms with Crippen LogP contribution >= 0.6 is 0 Å². The summed E-state index contributed by atoms with van der Waals surface area (Å²) in [6.45, 7) is 2.49. The standard InChI is InChI=1S/C13H16FNO3/c1-2-18-12(16)4-3-9-15-13(17)10-5-7-11(14)8-6-10/h5-8H,2-4,9H2,1H3,(H,15,17). The lowest BCUT2D eigenvalue weighted by Crippen LogP contribution is -2.25. The lowest BCUT2D eigenvalue weighted by molar-refractivity contribution is -0.143. The van der Waals surface area contributed by atoms with Gasteiger partial charge < -0.3 is 10.1 Å². The highest BCUT2D eigenvalue weighted by atomic mass is 19.1. The first-order valence-corrected chi connectivity index (χ1v) is 5.83. The van der Waals surface area contributed by atoms with Crippen molar-refractivity contribution in [3.8, 4) is 0 Å². The number of carbonyl (C=O) groups excluding carboxylic acids is 2. The second-order valence-electron chi connectivity index (χ2n) is 3.67. The number of hydrogen-bond donors (Lipinski definition) is 1. The number of ether oxygens (including phenoxy) is 1. The summed E-state index contributed by atoms with van der Waals surface area (Å²) in [5.74, 6) is -0.929. The molecule has 1 aromatic rings. The molecule has 0 aliphatic rings. The maximum Gasteiger partial charge on any atom is 0.305 e. The van der Waals surface area contributed by atoms with Crippen molar-refractivity contribution in [1.29, 1.82) is 0 Å². The molecule has 18 heavy (non-hydrogen) atoms.